The third kappa shape index (κ3) is 5.84. The molecule has 3 rings (SSSR count). The first-order chi connectivity index (χ1) is 13.1. The summed E-state index contributed by atoms with van der Waals surface area (Å²) in [5.41, 5.74) is 0.116. The van der Waals surface area contributed by atoms with Crippen molar-refractivity contribution < 1.29 is 9.15 Å². The second-order valence-corrected chi connectivity index (χ2v) is 7.81. The number of furan rings is 1. The van der Waals surface area contributed by atoms with E-state index in [-0.39, 0.29) is 35.6 Å². The smallest absolute Gasteiger partial charge is 0.191 e. The number of rotatable bonds is 7. The van der Waals surface area contributed by atoms with E-state index in [2.05, 4.69) is 45.6 Å². The minimum absolute atomic E-state index is 0. The van der Waals surface area contributed by atoms with E-state index in [1.165, 1.54) is 12.8 Å². The highest BCUT2D eigenvalue weighted by Crippen LogP contribution is 2.26. The van der Waals surface area contributed by atoms with E-state index in [1.807, 2.05) is 13.1 Å². The van der Waals surface area contributed by atoms with Crippen LogP contribution in [0.15, 0.2) is 27.8 Å². The van der Waals surface area contributed by atoms with Gasteiger partial charge >= 0.3 is 0 Å². The van der Waals surface area contributed by atoms with Crippen molar-refractivity contribution in [1.29, 1.82) is 0 Å². The maximum absolute atomic E-state index is 5.71. The van der Waals surface area contributed by atoms with Gasteiger partial charge in [0.2, 0.25) is 0 Å². The molecule has 2 saturated heterocycles. The normalized spacial score (nSPS) is 21.4. The van der Waals surface area contributed by atoms with Gasteiger partial charge in [-0.2, -0.15) is 0 Å². The van der Waals surface area contributed by atoms with Crippen molar-refractivity contribution in [2.24, 2.45) is 4.99 Å². The van der Waals surface area contributed by atoms with Gasteiger partial charge in [-0.1, -0.05) is 0 Å². The van der Waals surface area contributed by atoms with Gasteiger partial charge in [-0.25, -0.2) is 0 Å². The predicted molar refractivity (Wildman–Crippen MR) is 124 cm³/mol. The van der Waals surface area contributed by atoms with Gasteiger partial charge in [-0.05, 0) is 65.0 Å². The van der Waals surface area contributed by atoms with Gasteiger partial charge in [0, 0.05) is 38.9 Å². The zero-order valence-corrected chi connectivity index (χ0v) is 19.8. The molecule has 1 unspecified atom stereocenters. The zero-order valence-electron chi connectivity index (χ0n) is 17.4. The second kappa shape index (κ2) is 11.4. The van der Waals surface area contributed by atoms with Gasteiger partial charge in [-0.15, -0.1) is 24.0 Å². The molecule has 2 N–H and O–H groups in total. The molecule has 1 aromatic heterocycles. The van der Waals surface area contributed by atoms with E-state index in [9.17, 15) is 0 Å². The van der Waals surface area contributed by atoms with Crippen molar-refractivity contribution in [3.63, 3.8) is 0 Å². The van der Waals surface area contributed by atoms with Gasteiger partial charge < -0.3 is 24.7 Å². The summed E-state index contributed by atoms with van der Waals surface area (Å²) in [7, 11) is 6.15. The van der Waals surface area contributed by atoms with Crippen LogP contribution >= 0.6 is 24.0 Å². The Labute approximate surface area is 186 Å². The van der Waals surface area contributed by atoms with Crippen molar-refractivity contribution >= 4 is 29.9 Å². The predicted octanol–water partition coefficient (Wildman–Crippen LogP) is 2.31. The SMILES string of the molecule is CN=C(NCC(c1ccco1)N1CCCC1)NCC1(N(C)C)CCOCC1.I. The van der Waals surface area contributed by atoms with Crippen LogP contribution in [0.2, 0.25) is 0 Å². The molecule has 0 bridgehead atoms. The molecule has 7 nitrogen and oxygen atoms in total. The maximum Gasteiger partial charge on any atom is 0.191 e. The number of nitrogens with one attached hydrogen (secondary N) is 2. The highest BCUT2D eigenvalue weighted by atomic mass is 127. The lowest BCUT2D eigenvalue weighted by atomic mass is 9.88. The molecule has 160 valence electrons. The minimum atomic E-state index is 0. The molecular formula is C20H36IN5O2. The molecule has 0 spiro atoms. The summed E-state index contributed by atoms with van der Waals surface area (Å²) < 4.78 is 11.3. The van der Waals surface area contributed by atoms with E-state index in [4.69, 9.17) is 9.15 Å². The van der Waals surface area contributed by atoms with Crippen LogP contribution in [0.3, 0.4) is 0 Å². The summed E-state index contributed by atoms with van der Waals surface area (Å²) in [5.74, 6) is 1.87. The first kappa shape index (κ1) is 23.4. The highest BCUT2D eigenvalue weighted by molar-refractivity contribution is 14.0. The summed E-state index contributed by atoms with van der Waals surface area (Å²) >= 11 is 0. The maximum atomic E-state index is 5.71. The van der Waals surface area contributed by atoms with E-state index in [0.29, 0.717) is 0 Å². The number of likely N-dealkylation sites (N-methyl/N-ethyl adjacent to an activating group) is 1. The average molecular weight is 505 g/mol. The number of nitrogens with zero attached hydrogens (tertiary/aromatic N) is 3. The summed E-state index contributed by atoms with van der Waals surface area (Å²) in [4.78, 5) is 9.26. The average Bonchev–Trinajstić information content (AvgIpc) is 3.39. The van der Waals surface area contributed by atoms with Gasteiger partial charge in [0.1, 0.15) is 5.76 Å². The number of halogens is 1. The zero-order chi connectivity index (χ0) is 19.1. The molecule has 0 saturated carbocycles. The van der Waals surface area contributed by atoms with Crippen LogP contribution < -0.4 is 10.6 Å². The number of ether oxygens (including phenoxy) is 1. The summed E-state index contributed by atoms with van der Waals surface area (Å²) in [6, 6.07) is 4.29. The highest BCUT2D eigenvalue weighted by Gasteiger charge is 2.35. The summed E-state index contributed by atoms with van der Waals surface area (Å²) in [6.07, 6.45) is 6.35. The van der Waals surface area contributed by atoms with Crippen LogP contribution in [-0.4, -0.2) is 81.8 Å². The quantitative estimate of drug-likeness (QED) is 0.337. The van der Waals surface area contributed by atoms with E-state index in [0.717, 1.165) is 64.0 Å². The number of guanidine groups is 1. The monoisotopic (exact) mass is 505 g/mol. The molecule has 3 heterocycles. The van der Waals surface area contributed by atoms with E-state index >= 15 is 0 Å². The third-order valence-corrected chi connectivity index (χ3v) is 6.10. The third-order valence-electron chi connectivity index (χ3n) is 6.10. The van der Waals surface area contributed by atoms with Gasteiger partial charge in [0.25, 0.3) is 0 Å². The topological polar surface area (TPSA) is 65.3 Å². The molecule has 2 aliphatic rings. The molecule has 0 aliphatic carbocycles. The van der Waals surface area contributed by atoms with E-state index < -0.39 is 0 Å². The first-order valence-corrected chi connectivity index (χ1v) is 10.1. The molecule has 28 heavy (non-hydrogen) atoms. The molecule has 1 aromatic rings. The van der Waals surface area contributed by atoms with Crippen LogP contribution in [0, 0.1) is 0 Å². The Morgan fingerprint density at radius 3 is 2.54 bits per heavy atom. The van der Waals surface area contributed by atoms with Gasteiger partial charge in [-0.3, -0.25) is 9.89 Å². The van der Waals surface area contributed by atoms with Crippen LogP contribution in [-0.2, 0) is 4.74 Å². The fourth-order valence-electron chi connectivity index (χ4n) is 4.14. The fourth-order valence-corrected chi connectivity index (χ4v) is 4.14. The van der Waals surface area contributed by atoms with Gasteiger partial charge in [0.05, 0.1) is 12.3 Å². The minimum Gasteiger partial charge on any atom is -0.468 e. The van der Waals surface area contributed by atoms with Crippen molar-refractivity contribution in [3.05, 3.63) is 24.2 Å². The number of hydrogen-bond donors (Lipinski definition) is 2. The number of likely N-dealkylation sites (tertiary alicyclic amines) is 1. The largest absolute Gasteiger partial charge is 0.468 e. The summed E-state index contributed by atoms with van der Waals surface area (Å²) in [5, 5.41) is 7.06. The second-order valence-electron chi connectivity index (χ2n) is 7.81. The molecule has 2 aliphatic heterocycles. The standard InChI is InChI=1S/C20H35N5O2.HI/c1-21-19(23-16-20(24(2)3)8-13-26-14-9-20)22-15-17(18-7-6-12-27-18)25-10-4-5-11-25;/h6-7,12,17H,4-5,8-11,13-16H2,1-3H3,(H2,21,22,23);1H. The first-order valence-electron chi connectivity index (χ1n) is 10.1. The lowest BCUT2D eigenvalue weighted by molar-refractivity contribution is -0.00502. The number of aliphatic imine (C=N–C) groups is 1. The Kier molecular flexibility index (Phi) is 9.52. The van der Waals surface area contributed by atoms with Gasteiger partial charge in [0.15, 0.2) is 5.96 Å². The molecule has 2 fully saturated rings. The van der Waals surface area contributed by atoms with E-state index in [1.54, 1.807) is 6.26 Å². The Hall–Kier alpha value is -0.840. The Morgan fingerprint density at radius 1 is 1.25 bits per heavy atom. The van der Waals surface area contributed by atoms with Crippen molar-refractivity contribution in [1.82, 2.24) is 20.4 Å². The van der Waals surface area contributed by atoms with Crippen LogP contribution in [0.4, 0.5) is 0 Å². The van der Waals surface area contributed by atoms with Crippen LogP contribution in [0.5, 0.6) is 0 Å². The Bertz CT molecular complexity index is 581. The fraction of sp³-hybridized carbons (Fsp3) is 0.750. The van der Waals surface area contributed by atoms with Crippen molar-refractivity contribution in [2.75, 3.05) is 60.5 Å². The van der Waals surface area contributed by atoms with Crippen LogP contribution in [0.25, 0.3) is 0 Å². The molecular weight excluding hydrogens is 469 g/mol. The molecule has 0 amide bonds. The lowest BCUT2D eigenvalue weighted by Gasteiger charge is -2.43. The lowest BCUT2D eigenvalue weighted by Crippen LogP contribution is -2.57. The molecule has 1 atom stereocenters. The van der Waals surface area contributed by atoms with Crippen molar-refractivity contribution in [2.45, 2.75) is 37.3 Å². The van der Waals surface area contributed by atoms with Crippen LogP contribution in [0.1, 0.15) is 37.5 Å². The number of hydrogen-bond acceptors (Lipinski definition) is 5. The molecule has 0 aromatic carbocycles. The summed E-state index contributed by atoms with van der Waals surface area (Å²) in [6.45, 7) is 5.54. The molecule has 0 radical (unpaired) electrons. The Morgan fingerprint density at radius 2 is 1.96 bits per heavy atom. The molecule has 8 heteroatoms. The Balaban J connectivity index is 0.00000280. The van der Waals surface area contributed by atoms with Crippen molar-refractivity contribution in [3.8, 4) is 0 Å².